The fourth-order valence-corrected chi connectivity index (χ4v) is 3.80. The van der Waals surface area contributed by atoms with E-state index >= 15 is 0 Å². The van der Waals surface area contributed by atoms with E-state index in [1.165, 1.54) is 19.3 Å². The van der Waals surface area contributed by atoms with Gasteiger partial charge in [-0.2, -0.15) is 5.26 Å². The molecule has 0 spiro atoms. The summed E-state index contributed by atoms with van der Waals surface area (Å²) in [4.78, 5) is 28.3. The van der Waals surface area contributed by atoms with Crippen LogP contribution in [0.2, 0.25) is 0 Å². The maximum absolute atomic E-state index is 12.8. The van der Waals surface area contributed by atoms with E-state index in [0.717, 1.165) is 11.8 Å². The van der Waals surface area contributed by atoms with Crippen LogP contribution >= 0.6 is 11.8 Å². The average molecular weight is 415 g/mol. The summed E-state index contributed by atoms with van der Waals surface area (Å²) >= 11 is 1.03. The van der Waals surface area contributed by atoms with Gasteiger partial charge in [0.25, 0.3) is 0 Å². The number of thioether (sulfide) groups is 1. The standard InChI is InChI=1S/C20H21N3O5S/c1-4-7-28-20(26)17-11(2)23-19(29-10-16(22)25)13(9-21)18(17)12-5-6-14(24)15(8-12)27-3/h4-6,8,17-18,24H,1,7,10H2,2-3H3,(H2,22,25)/t17?,18-/m0/s1. The van der Waals surface area contributed by atoms with Crippen molar-refractivity contribution in [3.63, 3.8) is 0 Å². The number of carbonyl (C=O) groups is 2. The topological polar surface area (TPSA) is 135 Å². The molecule has 29 heavy (non-hydrogen) atoms. The van der Waals surface area contributed by atoms with Crippen molar-refractivity contribution in [3.05, 3.63) is 47.0 Å². The summed E-state index contributed by atoms with van der Waals surface area (Å²) in [6.07, 6.45) is 1.45. The lowest BCUT2D eigenvalue weighted by Gasteiger charge is -2.30. The summed E-state index contributed by atoms with van der Waals surface area (Å²) in [6.45, 7) is 5.20. The molecule has 2 rings (SSSR count). The number of carbonyl (C=O) groups excluding carboxylic acids is 2. The van der Waals surface area contributed by atoms with Crippen molar-refractivity contribution in [1.29, 1.82) is 5.26 Å². The van der Waals surface area contributed by atoms with Gasteiger partial charge in [0.15, 0.2) is 11.5 Å². The predicted molar refractivity (Wildman–Crippen MR) is 109 cm³/mol. The number of hydrogen-bond donors (Lipinski definition) is 2. The minimum absolute atomic E-state index is 0.0170. The second kappa shape index (κ2) is 9.80. The number of amides is 1. The molecule has 1 aliphatic rings. The molecule has 9 heteroatoms. The maximum atomic E-state index is 12.8. The Morgan fingerprint density at radius 2 is 2.21 bits per heavy atom. The van der Waals surface area contributed by atoms with Crippen LogP contribution in [-0.4, -0.2) is 42.2 Å². The highest BCUT2D eigenvalue weighted by Gasteiger charge is 2.40. The van der Waals surface area contributed by atoms with Crippen LogP contribution < -0.4 is 10.5 Å². The first kappa shape index (κ1) is 22.0. The number of hydrogen-bond acceptors (Lipinski definition) is 8. The zero-order valence-corrected chi connectivity index (χ0v) is 16.9. The number of ether oxygens (including phenoxy) is 2. The molecule has 152 valence electrons. The van der Waals surface area contributed by atoms with E-state index in [2.05, 4.69) is 17.6 Å². The van der Waals surface area contributed by atoms with Crippen LogP contribution in [0, 0.1) is 17.2 Å². The molecule has 1 aromatic rings. The maximum Gasteiger partial charge on any atom is 0.315 e. The molecule has 0 saturated carbocycles. The summed E-state index contributed by atoms with van der Waals surface area (Å²) in [6, 6.07) is 6.69. The lowest BCUT2D eigenvalue weighted by atomic mass is 9.77. The third-order valence-corrected chi connectivity index (χ3v) is 5.25. The molecule has 1 amide bonds. The molecular formula is C20H21N3O5S. The van der Waals surface area contributed by atoms with Crippen molar-refractivity contribution in [2.75, 3.05) is 19.5 Å². The van der Waals surface area contributed by atoms with Gasteiger partial charge in [0, 0.05) is 11.6 Å². The Labute approximate surface area is 172 Å². The number of nitrogens with two attached hydrogens (primary N) is 1. The molecule has 1 aliphatic heterocycles. The van der Waals surface area contributed by atoms with E-state index in [9.17, 15) is 20.0 Å². The van der Waals surface area contributed by atoms with Crippen molar-refractivity contribution in [3.8, 4) is 17.6 Å². The van der Waals surface area contributed by atoms with Gasteiger partial charge in [0.05, 0.1) is 24.5 Å². The number of nitrogens with zero attached hydrogens (tertiary/aromatic N) is 2. The molecule has 0 radical (unpaired) electrons. The Morgan fingerprint density at radius 1 is 1.48 bits per heavy atom. The molecule has 0 aliphatic carbocycles. The van der Waals surface area contributed by atoms with Gasteiger partial charge in [-0.15, -0.1) is 0 Å². The number of primary amides is 1. The van der Waals surface area contributed by atoms with Gasteiger partial charge in [-0.3, -0.25) is 9.59 Å². The molecule has 3 N–H and O–H groups in total. The third kappa shape index (κ3) is 4.97. The van der Waals surface area contributed by atoms with Crippen molar-refractivity contribution in [2.45, 2.75) is 12.8 Å². The highest BCUT2D eigenvalue weighted by atomic mass is 32.2. The number of rotatable bonds is 8. The number of phenols is 1. The van der Waals surface area contributed by atoms with E-state index in [-0.39, 0.29) is 29.4 Å². The molecule has 0 bridgehead atoms. The van der Waals surface area contributed by atoms with Crippen LogP contribution in [0.25, 0.3) is 0 Å². The number of allylic oxidation sites excluding steroid dienone is 1. The Balaban J connectivity index is 2.62. The van der Waals surface area contributed by atoms with E-state index in [1.807, 2.05) is 0 Å². The lowest BCUT2D eigenvalue weighted by Crippen LogP contribution is -2.34. The minimum Gasteiger partial charge on any atom is -0.504 e. The number of esters is 1. The molecule has 1 unspecified atom stereocenters. The van der Waals surface area contributed by atoms with Gasteiger partial charge in [0.2, 0.25) is 5.91 Å². The second-order valence-electron chi connectivity index (χ2n) is 6.14. The first-order chi connectivity index (χ1) is 13.8. The summed E-state index contributed by atoms with van der Waals surface area (Å²) in [5, 5.41) is 20.1. The summed E-state index contributed by atoms with van der Waals surface area (Å²) in [7, 11) is 1.40. The SMILES string of the molecule is C=CCOC(=O)C1C(C)=NC(SCC(N)=O)=C(C#N)[C@@H]1c1ccc(O)c(OC)c1. The number of methoxy groups -OCH3 is 1. The summed E-state index contributed by atoms with van der Waals surface area (Å²) < 4.78 is 10.4. The lowest BCUT2D eigenvalue weighted by molar-refractivity contribution is -0.145. The Bertz CT molecular complexity index is 933. The molecule has 0 fully saturated rings. The molecule has 0 aromatic heterocycles. The Hall–Kier alpha value is -3.25. The van der Waals surface area contributed by atoms with Gasteiger partial charge < -0.3 is 20.3 Å². The fourth-order valence-electron chi connectivity index (χ4n) is 2.98. The zero-order chi connectivity index (χ0) is 21.6. The first-order valence-electron chi connectivity index (χ1n) is 8.59. The van der Waals surface area contributed by atoms with Crippen LogP contribution in [0.5, 0.6) is 11.5 Å². The Morgan fingerprint density at radius 3 is 2.79 bits per heavy atom. The average Bonchev–Trinajstić information content (AvgIpc) is 2.70. The molecule has 2 atom stereocenters. The number of phenolic OH excluding ortho intramolecular Hbond substituents is 1. The Kier molecular flexibility index (Phi) is 7.45. The van der Waals surface area contributed by atoms with Gasteiger partial charge in [-0.1, -0.05) is 30.5 Å². The zero-order valence-electron chi connectivity index (χ0n) is 16.0. The van der Waals surface area contributed by atoms with Crippen LogP contribution in [-0.2, 0) is 14.3 Å². The number of aliphatic imine (C=N–C) groups is 1. The van der Waals surface area contributed by atoms with Crippen LogP contribution in [0.4, 0.5) is 0 Å². The number of benzene rings is 1. The van der Waals surface area contributed by atoms with Crippen LogP contribution in [0.3, 0.4) is 0 Å². The summed E-state index contributed by atoms with van der Waals surface area (Å²) in [5.41, 5.74) is 6.42. The number of aromatic hydroxyl groups is 1. The second-order valence-corrected chi connectivity index (χ2v) is 7.11. The van der Waals surface area contributed by atoms with Crippen LogP contribution in [0.15, 0.2) is 46.4 Å². The van der Waals surface area contributed by atoms with Gasteiger partial charge in [0.1, 0.15) is 17.6 Å². The molecule has 1 heterocycles. The highest BCUT2D eigenvalue weighted by molar-refractivity contribution is 8.03. The van der Waals surface area contributed by atoms with Crippen molar-refractivity contribution < 1.29 is 24.2 Å². The van der Waals surface area contributed by atoms with E-state index in [0.29, 0.717) is 16.3 Å². The largest absolute Gasteiger partial charge is 0.504 e. The normalized spacial score (nSPS) is 18.4. The fraction of sp³-hybridized carbons (Fsp3) is 0.300. The summed E-state index contributed by atoms with van der Waals surface area (Å²) in [5.74, 6) is -2.65. The van der Waals surface area contributed by atoms with E-state index in [4.69, 9.17) is 15.2 Å². The molecule has 8 nitrogen and oxygen atoms in total. The van der Waals surface area contributed by atoms with Crippen LogP contribution in [0.1, 0.15) is 18.4 Å². The molecule has 0 saturated heterocycles. The van der Waals surface area contributed by atoms with Crippen molar-refractivity contribution in [1.82, 2.24) is 0 Å². The first-order valence-corrected chi connectivity index (χ1v) is 9.57. The minimum atomic E-state index is -0.864. The van der Waals surface area contributed by atoms with Gasteiger partial charge in [-0.25, -0.2) is 4.99 Å². The van der Waals surface area contributed by atoms with E-state index < -0.39 is 23.7 Å². The smallest absolute Gasteiger partial charge is 0.315 e. The highest BCUT2D eigenvalue weighted by Crippen LogP contribution is 2.44. The molecule has 1 aromatic carbocycles. The predicted octanol–water partition coefficient (Wildman–Crippen LogP) is 2.26. The van der Waals surface area contributed by atoms with Gasteiger partial charge >= 0.3 is 5.97 Å². The van der Waals surface area contributed by atoms with Crippen molar-refractivity contribution >= 4 is 29.4 Å². The van der Waals surface area contributed by atoms with Crippen molar-refractivity contribution in [2.24, 2.45) is 16.6 Å². The quantitative estimate of drug-likeness (QED) is 0.491. The third-order valence-electron chi connectivity index (χ3n) is 4.23. The van der Waals surface area contributed by atoms with E-state index in [1.54, 1.807) is 19.1 Å². The molecular weight excluding hydrogens is 394 g/mol. The van der Waals surface area contributed by atoms with Gasteiger partial charge in [-0.05, 0) is 24.6 Å². The number of nitriles is 1. The monoisotopic (exact) mass is 415 g/mol.